The molecule has 2 rings (SSSR count). The first-order valence-corrected chi connectivity index (χ1v) is 7.93. The van der Waals surface area contributed by atoms with Crippen LogP contribution in [0.1, 0.15) is 28.3 Å². The van der Waals surface area contributed by atoms with Crippen LogP contribution in [0.15, 0.2) is 34.8 Å². The largest absolute Gasteiger partial charge is 0.496 e. The predicted molar refractivity (Wildman–Crippen MR) is 92.5 cm³/mol. The summed E-state index contributed by atoms with van der Waals surface area (Å²) in [6.07, 6.45) is 0. The lowest BCUT2D eigenvalue weighted by molar-refractivity contribution is 0.401. The highest BCUT2D eigenvalue weighted by Crippen LogP contribution is 2.38. The second kappa shape index (κ2) is 6.82. The van der Waals surface area contributed by atoms with Crippen molar-refractivity contribution in [3.63, 3.8) is 0 Å². The normalized spacial score (nSPS) is 12.3. The van der Waals surface area contributed by atoms with Gasteiger partial charge in [0.1, 0.15) is 5.75 Å². The van der Waals surface area contributed by atoms with Gasteiger partial charge in [0, 0.05) is 15.1 Å². The zero-order valence-corrected chi connectivity index (χ0v) is 15.0. The molecule has 0 radical (unpaired) electrons. The van der Waals surface area contributed by atoms with Crippen molar-refractivity contribution in [1.29, 1.82) is 0 Å². The van der Waals surface area contributed by atoms with Crippen LogP contribution >= 0.6 is 27.5 Å². The Kier molecular flexibility index (Phi) is 5.31. The Labute approximate surface area is 139 Å². The lowest BCUT2D eigenvalue weighted by Gasteiger charge is -2.24. The number of nitrogens with one attached hydrogen (secondary N) is 1. The lowest BCUT2D eigenvalue weighted by atomic mass is 9.92. The molecule has 2 aromatic rings. The summed E-state index contributed by atoms with van der Waals surface area (Å²) in [6, 6.07) is 10.0. The fourth-order valence-electron chi connectivity index (χ4n) is 2.63. The first-order valence-electron chi connectivity index (χ1n) is 6.76. The minimum atomic E-state index is 0.0495. The molecule has 21 heavy (non-hydrogen) atoms. The molecule has 1 atom stereocenters. The van der Waals surface area contributed by atoms with E-state index in [1.165, 1.54) is 5.56 Å². The van der Waals surface area contributed by atoms with Crippen LogP contribution in [0.2, 0.25) is 5.02 Å². The average molecular weight is 369 g/mol. The minimum Gasteiger partial charge on any atom is -0.496 e. The Morgan fingerprint density at radius 1 is 1.19 bits per heavy atom. The van der Waals surface area contributed by atoms with Gasteiger partial charge in [0.15, 0.2) is 0 Å². The third-order valence-electron chi connectivity index (χ3n) is 3.69. The number of aryl methyl sites for hydroxylation is 1. The van der Waals surface area contributed by atoms with E-state index in [0.717, 1.165) is 31.9 Å². The summed E-state index contributed by atoms with van der Waals surface area (Å²) >= 11 is 9.63. The molecule has 0 saturated carbocycles. The van der Waals surface area contributed by atoms with E-state index in [1.807, 2.05) is 31.3 Å². The van der Waals surface area contributed by atoms with Gasteiger partial charge in [-0.05, 0) is 55.8 Å². The molecule has 0 heterocycles. The first kappa shape index (κ1) is 16.3. The molecule has 2 aromatic carbocycles. The molecule has 0 spiro atoms. The van der Waals surface area contributed by atoms with Crippen molar-refractivity contribution in [2.75, 3.05) is 14.2 Å². The molecule has 2 nitrogen and oxygen atoms in total. The van der Waals surface area contributed by atoms with Gasteiger partial charge in [-0.15, -0.1) is 0 Å². The monoisotopic (exact) mass is 367 g/mol. The summed E-state index contributed by atoms with van der Waals surface area (Å²) < 4.78 is 6.74. The molecule has 0 aliphatic carbocycles. The Morgan fingerprint density at radius 2 is 1.81 bits per heavy atom. The number of hydrogen-bond donors (Lipinski definition) is 1. The highest BCUT2D eigenvalue weighted by molar-refractivity contribution is 9.10. The van der Waals surface area contributed by atoms with Crippen LogP contribution < -0.4 is 10.1 Å². The number of benzene rings is 2. The van der Waals surface area contributed by atoms with Crippen molar-refractivity contribution in [1.82, 2.24) is 5.32 Å². The molecule has 0 saturated heterocycles. The van der Waals surface area contributed by atoms with Crippen LogP contribution in [-0.4, -0.2) is 14.2 Å². The van der Waals surface area contributed by atoms with E-state index in [-0.39, 0.29) is 6.04 Å². The number of halogens is 2. The van der Waals surface area contributed by atoms with Gasteiger partial charge in [-0.3, -0.25) is 0 Å². The summed E-state index contributed by atoms with van der Waals surface area (Å²) in [7, 11) is 3.67. The SMILES string of the molecule is CNC(c1ccc(Cl)cc1)c1c(C)c(Br)cc(C)c1OC. The summed E-state index contributed by atoms with van der Waals surface area (Å²) in [6.45, 7) is 4.16. The highest BCUT2D eigenvalue weighted by Gasteiger charge is 2.22. The van der Waals surface area contributed by atoms with Crippen molar-refractivity contribution in [3.8, 4) is 5.75 Å². The molecule has 0 aliphatic heterocycles. The smallest absolute Gasteiger partial charge is 0.127 e. The van der Waals surface area contributed by atoms with Gasteiger partial charge in [-0.2, -0.15) is 0 Å². The van der Waals surface area contributed by atoms with Gasteiger partial charge in [0.25, 0.3) is 0 Å². The third-order valence-corrected chi connectivity index (χ3v) is 4.77. The Bertz CT molecular complexity index is 640. The van der Waals surface area contributed by atoms with E-state index in [4.69, 9.17) is 16.3 Å². The van der Waals surface area contributed by atoms with E-state index in [9.17, 15) is 0 Å². The molecule has 0 fully saturated rings. The maximum absolute atomic E-state index is 5.99. The Hall–Kier alpha value is -1.03. The summed E-state index contributed by atoms with van der Waals surface area (Å²) in [4.78, 5) is 0. The maximum atomic E-state index is 5.99. The minimum absolute atomic E-state index is 0.0495. The van der Waals surface area contributed by atoms with Crippen LogP contribution in [0.5, 0.6) is 5.75 Å². The van der Waals surface area contributed by atoms with Crippen molar-refractivity contribution in [3.05, 3.63) is 62.1 Å². The van der Waals surface area contributed by atoms with Gasteiger partial charge in [0.05, 0.1) is 13.2 Å². The van der Waals surface area contributed by atoms with E-state index in [0.29, 0.717) is 0 Å². The molecule has 1 unspecified atom stereocenters. The molecule has 0 bridgehead atoms. The second-order valence-electron chi connectivity index (χ2n) is 5.02. The van der Waals surface area contributed by atoms with Crippen LogP contribution in [0, 0.1) is 13.8 Å². The summed E-state index contributed by atoms with van der Waals surface area (Å²) in [5.41, 5.74) is 4.58. The maximum Gasteiger partial charge on any atom is 0.127 e. The van der Waals surface area contributed by atoms with Crippen LogP contribution in [0.4, 0.5) is 0 Å². The molecule has 4 heteroatoms. The number of rotatable bonds is 4. The van der Waals surface area contributed by atoms with Gasteiger partial charge < -0.3 is 10.1 Å². The number of hydrogen-bond acceptors (Lipinski definition) is 2. The van der Waals surface area contributed by atoms with E-state index in [2.05, 4.69) is 41.2 Å². The molecular weight excluding hydrogens is 350 g/mol. The topological polar surface area (TPSA) is 21.3 Å². The van der Waals surface area contributed by atoms with Gasteiger partial charge >= 0.3 is 0 Å². The van der Waals surface area contributed by atoms with Gasteiger partial charge in [-0.25, -0.2) is 0 Å². The Morgan fingerprint density at radius 3 is 2.33 bits per heavy atom. The van der Waals surface area contributed by atoms with E-state index >= 15 is 0 Å². The van der Waals surface area contributed by atoms with Gasteiger partial charge in [-0.1, -0.05) is 39.7 Å². The van der Waals surface area contributed by atoms with Crippen LogP contribution in [-0.2, 0) is 0 Å². The molecule has 1 N–H and O–H groups in total. The third kappa shape index (κ3) is 3.25. The second-order valence-corrected chi connectivity index (χ2v) is 6.31. The van der Waals surface area contributed by atoms with Crippen LogP contribution in [0.3, 0.4) is 0 Å². The Balaban J connectivity index is 2.64. The molecule has 112 valence electrons. The molecular formula is C17H19BrClNO. The number of ether oxygens (including phenoxy) is 1. The quantitative estimate of drug-likeness (QED) is 0.816. The van der Waals surface area contributed by atoms with Crippen LogP contribution in [0.25, 0.3) is 0 Å². The van der Waals surface area contributed by atoms with E-state index < -0.39 is 0 Å². The zero-order chi connectivity index (χ0) is 15.6. The first-order chi connectivity index (χ1) is 9.99. The van der Waals surface area contributed by atoms with Gasteiger partial charge in [0.2, 0.25) is 0 Å². The average Bonchev–Trinajstić information content (AvgIpc) is 2.46. The number of methoxy groups -OCH3 is 1. The predicted octanol–water partition coefficient (Wildman–Crippen LogP) is 5.04. The molecule has 0 aliphatic rings. The van der Waals surface area contributed by atoms with E-state index in [1.54, 1.807) is 7.11 Å². The van der Waals surface area contributed by atoms with Crippen molar-refractivity contribution in [2.24, 2.45) is 0 Å². The zero-order valence-electron chi connectivity index (χ0n) is 12.6. The molecule has 0 amide bonds. The van der Waals surface area contributed by atoms with Crippen molar-refractivity contribution < 1.29 is 4.74 Å². The van der Waals surface area contributed by atoms with Crippen molar-refractivity contribution >= 4 is 27.5 Å². The standard InChI is InChI=1S/C17H19BrClNO/c1-10-9-14(18)11(2)15(17(10)21-4)16(20-3)12-5-7-13(19)8-6-12/h5-9,16,20H,1-4H3. The van der Waals surface area contributed by atoms with Crippen molar-refractivity contribution in [2.45, 2.75) is 19.9 Å². The summed E-state index contributed by atoms with van der Waals surface area (Å²) in [5.74, 6) is 0.921. The molecule has 0 aromatic heterocycles. The fraction of sp³-hybridized carbons (Fsp3) is 0.294. The summed E-state index contributed by atoms with van der Waals surface area (Å²) in [5, 5.41) is 4.12. The fourth-order valence-corrected chi connectivity index (χ4v) is 3.31. The highest BCUT2D eigenvalue weighted by atomic mass is 79.9. The lowest BCUT2D eigenvalue weighted by Crippen LogP contribution is -2.20.